The molecule has 1 radical (unpaired) electrons. The van der Waals surface area contributed by atoms with E-state index in [2.05, 4.69) is 6.92 Å². The second kappa shape index (κ2) is 4.84. The van der Waals surface area contributed by atoms with E-state index in [1.165, 1.54) is 12.1 Å². The van der Waals surface area contributed by atoms with Crippen LogP contribution in [0.3, 0.4) is 0 Å². The highest BCUT2D eigenvalue weighted by Crippen LogP contribution is 2.33. The Morgan fingerprint density at radius 1 is 0.833 bits per heavy atom. The van der Waals surface area contributed by atoms with Crippen molar-refractivity contribution in [3.8, 4) is 0 Å². The molecule has 18 heavy (non-hydrogen) atoms. The number of alkyl halides is 3. The molecule has 2 aromatic carbocycles. The molecule has 0 aliphatic heterocycles. The van der Waals surface area contributed by atoms with Gasteiger partial charge in [0.25, 0.3) is 0 Å². The minimum atomic E-state index is -4.31. The van der Waals surface area contributed by atoms with E-state index < -0.39 is 11.7 Å². The zero-order valence-corrected chi connectivity index (χ0v) is 9.67. The molecule has 0 unspecified atom stereocenters. The molecule has 0 saturated heterocycles. The summed E-state index contributed by atoms with van der Waals surface area (Å²) < 4.78 is 38.5. The second-order valence-electron chi connectivity index (χ2n) is 4.10. The molecular formula is C15H12F3. The van der Waals surface area contributed by atoms with Crippen LogP contribution >= 0.6 is 0 Å². The lowest BCUT2D eigenvalue weighted by Crippen LogP contribution is -2.09. The fourth-order valence-electron chi connectivity index (χ4n) is 1.89. The lowest BCUT2D eigenvalue weighted by Gasteiger charge is -2.13. The summed E-state index contributed by atoms with van der Waals surface area (Å²) in [5, 5.41) is 0. The molecule has 0 aromatic heterocycles. The van der Waals surface area contributed by atoms with E-state index in [-0.39, 0.29) is 12.0 Å². The Morgan fingerprint density at radius 3 is 2.00 bits per heavy atom. The Bertz CT molecular complexity index is 541. The summed E-state index contributed by atoms with van der Waals surface area (Å²) in [6.45, 7) is 3.83. The van der Waals surface area contributed by atoms with Gasteiger partial charge in [-0.1, -0.05) is 42.5 Å². The van der Waals surface area contributed by atoms with Gasteiger partial charge in [-0.2, -0.15) is 13.2 Å². The lowest BCUT2D eigenvalue weighted by molar-refractivity contribution is -0.138. The van der Waals surface area contributed by atoms with Crippen LogP contribution < -0.4 is 0 Å². The van der Waals surface area contributed by atoms with Gasteiger partial charge in [-0.15, -0.1) is 0 Å². The minimum absolute atomic E-state index is 0.245. The SMILES string of the molecule is [CH2]c1ccccc1Cc1ccccc1C(F)(F)F. The number of halogens is 3. The third-order valence-electron chi connectivity index (χ3n) is 2.82. The van der Waals surface area contributed by atoms with Crippen LogP contribution in [0.1, 0.15) is 22.3 Å². The van der Waals surface area contributed by atoms with Crippen molar-refractivity contribution >= 4 is 0 Å². The van der Waals surface area contributed by atoms with Gasteiger partial charge in [-0.05, 0) is 36.1 Å². The van der Waals surface area contributed by atoms with E-state index >= 15 is 0 Å². The van der Waals surface area contributed by atoms with Gasteiger partial charge in [0.1, 0.15) is 0 Å². The molecule has 0 amide bonds. The average Bonchev–Trinajstić information content (AvgIpc) is 2.31. The molecule has 3 heteroatoms. The molecule has 0 aliphatic carbocycles. The summed E-state index contributed by atoms with van der Waals surface area (Å²) >= 11 is 0. The summed E-state index contributed by atoms with van der Waals surface area (Å²) in [7, 11) is 0. The molecule has 0 N–H and O–H groups in total. The quantitative estimate of drug-likeness (QED) is 0.736. The summed E-state index contributed by atoms with van der Waals surface area (Å²) in [6.07, 6.45) is -4.07. The van der Waals surface area contributed by atoms with Crippen molar-refractivity contribution in [2.75, 3.05) is 0 Å². The maximum atomic E-state index is 12.8. The standard InChI is InChI=1S/C15H12F3/c1-11-6-2-3-7-12(11)10-13-8-4-5-9-14(13)15(16,17)18/h2-9H,1,10H2. The first-order valence-corrected chi connectivity index (χ1v) is 5.53. The molecule has 93 valence electrons. The van der Waals surface area contributed by atoms with Crippen LogP contribution in [0.25, 0.3) is 0 Å². The first-order chi connectivity index (χ1) is 8.48. The average molecular weight is 249 g/mol. The van der Waals surface area contributed by atoms with E-state index in [4.69, 9.17) is 0 Å². The molecule has 0 saturated carbocycles. The van der Waals surface area contributed by atoms with Crippen molar-refractivity contribution in [2.24, 2.45) is 0 Å². The largest absolute Gasteiger partial charge is 0.416 e. The Kier molecular flexibility index (Phi) is 3.41. The smallest absolute Gasteiger partial charge is 0.166 e. The molecule has 0 fully saturated rings. The Balaban J connectivity index is 2.39. The van der Waals surface area contributed by atoms with Crippen molar-refractivity contribution in [1.82, 2.24) is 0 Å². The molecule has 2 aromatic rings. The third kappa shape index (κ3) is 2.73. The molecule has 0 spiro atoms. The molecule has 0 heterocycles. The summed E-state index contributed by atoms with van der Waals surface area (Å²) in [4.78, 5) is 0. The summed E-state index contributed by atoms with van der Waals surface area (Å²) in [6, 6.07) is 12.9. The van der Waals surface area contributed by atoms with Crippen LogP contribution in [0.2, 0.25) is 0 Å². The first kappa shape index (κ1) is 12.7. The number of hydrogen-bond donors (Lipinski definition) is 0. The topological polar surface area (TPSA) is 0 Å². The van der Waals surface area contributed by atoms with Gasteiger partial charge in [-0.25, -0.2) is 0 Å². The first-order valence-electron chi connectivity index (χ1n) is 5.53. The van der Waals surface area contributed by atoms with Crippen LogP contribution in [0.15, 0.2) is 48.5 Å². The number of rotatable bonds is 2. The molecule has 0 bridgehead atoms. The maximum Gasteiger partial charge on any atom is 0.416 e. The Labute approximate surface area is 104 Å². The zero-order chi connectivity index (χ0) is 13.2. The van der Waals surface area contributed by atoms with E-state index in [1.807, 2.05) is 6.07 Å². The lowest BCUT2D eigenvalue weighted by atomic mass is 9.97. The van der Waals surface area contributed by atoms with Crippen molar-refractivity contribution in [2.45, 2.75) is 12.6 Å². The molecule has 0 nitrogen and oxygen atoms in total. The second-order valence-corrected chi connectivity index (χ2v) is 4.10. The number of benzene rings is 2. The van der Waals surface area contributed by atoms with Gasteiger partial charge in [0.2, 0.25) is 0 Å². The maximum absolute atomic E-state index is 12.8. The highest BCUT2D eigenvalue weighted by molar-refractivity contribution is 5.38. The Morgan fingerprint density at radius 2 is 1.39 bits per heavy atom. The highest BCUT2D eigenvalue weighted by atomic mass is 19.4. The van der Waals surface area contributed by atoms with E-state index in [0.29, 0.717) is 0 Å². The van der Waals surface area contributed by atoms with Gasteiger partial charge in [0.05, 0.1) is 5.56 Å². The Hall–Kier alpha value is -1.77. The van der Waals surface area contributed by atoms with Crippen molar-refractivity contribution < 1.29 is 13.2 Å². The predicted octanol–water partition coefficient (Wildman–Crippen LogP) is 4.48. The van der Waals surface area contributed by atoms with E-state index in [9.17, 15) is 13.2 Å². The fourth-order valence-corrected chi connectivity index (χ4v) is 1.89. The predicted molar refractivity (Wildman–Crippen MR) is 65.2 cm³/mol. The summed E-state index contributed by atoms with van der Waals surface area (Å²) in [5.41, 5.74) is 1.28. The molecule has 2 rings (SSSR count). The summed E-state index contributed by atoms with van der Waals surface area (Å²) in [5.74, 6) is 0. The van der Waals surface area contributed by atoms with Gasteiger partial charge in [0, 0.05) is 0 Å². The van der Waals surface area contributed by atoms with Crippen LogP contribution in [-0.4, -0.2) is 0 Å². The van der Waals surface area contributed by atoms with Crippen molar-refractivity contribution in [3.63, 3.8) is 0 Å². The molecule has 0 aliphatic rings. The molecule has 0 atom stereocenters. The van der Waals surface area contributed by atoms with Crippen LogP contribution in [-0.2, 0) is 12.6 Å². The van der Waals surface area contributed by atoms with Crippen molar-refractivity contribution in [3.05, 3.63) is 77.7 Å². The monoisotopic (exact) mass is 249 g/mol. The highest BCUT2D eigenvalue weighted by Gasteiger charge is 2.32. The minimum Gasteiger partial charge on any atom is -0.166 e. The van der Waals surface area contributed by atoms with E-state index in [0.717, 1.165) is 17.2 Å². The number of hydrogen-bond acceptors (Lipinski definition) is 0. The van der Waals surface area contributed by atoms with Gasteiger partial charge < -0.3 is 0 Å². The van der Waals surface area contributed by atoms with Crippen LogP contribution in [0.5, 0.6) is 0 Å². The van der Waals surface area contributed by atoms with Gasteiger partial charge in [0.15, 0.2) is 0 Å². The van der Waals surface area contributed by atoms with Crippen LogP contribution in [0, 0.1) is 6.92 Å². The van der Waals surface area contributed by atoms with E-state index in [1.54, 1.807) is 24.3 Å². The molecular weight excluding hydrogens is 237 g/mol. The fraction of sp³-hybridized carbons (Fsp3) is 0.133. The zero-order valence-electron chi connectivity index (χ0n) is 9.67. The normalized spacial score (nSPS) is 11.6. The van der Waals surface area contributed by atoms with Crippen LogP contribution in [0.4, 0.5) is 13.2 Å². The van der Waals surface area contributed by atoms with Gasteiger partial charge in [-0.3, -0.25) is 0 Å². The van der Waals surface area contributed by atoms with Gasteiger partial charge >= 0.3 is 6.18 Å². The van der Waals surface area contributed by atoms with Crippen molar-refractivity contribution in [1.29, 1.82) is 0 Å². The third-order valence-corrected chi connectivity index (χ3v) is 2.82.